The summed E-state index contributed by atoms with van der Waals surface area (Å²) >= 11 is 3.45. The van der Waals surface area contributed by atoms with Gasteiger partial charge in [0.15, 0.2) is 9.84 Å². The van der Waals surface area contributed by atoms with Gasteiger partial charge in [-0.2, -0.15) is 0 Å². The van der Waals surface area contributed by atoms with Crippen LogP contribution in [0, 0.1) is 0 Å². The van der Waals surface area contributed by atoms with Gasteiger partial charge in [-0.05, 0) is 55.9 Å². The second-order valence-corrected chi connectivity index (χ2v) is 8.47. The maximum atomic E-state index is 12.0. The largest absolute Gasteiger partial charge is 0.229 e. The summed E-state index contributed by atoms with van der Waals surface area (Å²) in [5.41, 5.74) is 2.51. The van der Waals surface area contributed by atoms with Crippen LogP contribution in [0.3, 0.4) is 0 Å². The molecule has 1 aliphatic rings. The van der Waals surface area contributed by atoms with Crippen molar-refractivity contribution in [2.24, 2.45) is 0 Å². The molecule has 0 N–H and O–H groups in total. The maximum absolute atomic E-state index is 12.0. The van der Waals surface area contributed by atoms with Crippen molar-refractivity contribution >= 4 is 25.8 Å². The molecular weight excluding hydrogens is 300 g/mol. The summed E-state index contributed by atoms with van der Waals surface area (Å²) in [5.74, 6) is 0.477. The summed E-state index contributed by atoms with van der Waals surface area (Å²) in [6, 6.07) is 6.17. The van der Waals surface area contributed by atoms with E-state index in [0.717, 1.165) is 17.3 Å². The van der Waals surface area contributed by atoms with E-state index in [1.165, 1.54) is 11.1 Å². The van der Waals surface area contributed by atoms with Crippen LogP contribution in [0.4, 0.5) is 0 Å². The van der Waals surface area contributed by atoms with Gasteiger partial charge in [0.2, 0.25) is 0 Å². The van der Waals surface area contributed by atoms with Gasteiger partial charge in [0.1, 0.15) is 0 Å². The fourth-order valence-corrected chi connectivity index (χ4v) is 4.02. The lowest BCUT2D eigenvalue weighted by atomic mass is 10.0. The molecule has 17 heavy (non-hydrogen) atoms. The molecule has 1 aliphatic carbocycles. The van der Waals surface area contributed by atoms with Crippen molar-refractivity contribution in [3.63, 3.8) is 0 Å². The minimum atomic E-state index is -2.95. The number of sulfone groups is 1. The smallest absolute Gasteiger partial charge is 0.153 e. The predicted octanol–water partition coefficient (Wildman–Crippen LogP) is 3.30. The summed E-state index contributed by atoms with van der Waals surface area (Å²) in [7, 11) is -2.95. The molecule has 1 atom stereocenters. The zero-order valence-corrected chi connectivity index (χ0v) is 12.5. The second-order valence-electron chi connectivity index (χ2n) is 4.96. The quantitative estimate of drug-likeness (QED) is 0.857. The van der Waals surface area contributed by atoms with Crippen LogP contribution >= 0.6 is 15.9 Å². The van der Waals surface area contributed by atoms with Gasteiger partial charge in [-0.3, -0.25) is 0 Å². The molecule has 1 unspecified atom stereocenters. The fraction of sp³-hybridized carbons (Fsp3) is 0.538. The Balaban J connectivity index is 2.24. The van der Waals surface area contributed by atoms with E-state index in [4.69, 9.17) is 0 Å². The molecule has 0 saturated carbocycles. The minimum absolute atomic E-state index is 0.186. The highest BCUT2D eigenvalue weighted by Crippen LogP contribution is 2.36. The van der Waals surface area contributed by atoms with Crippen molar-refractivity contribution in [1.29, 1.82) is 0 Å². The highest BCUT2D eigenvalue weighted by molar-refractivity contribution is 9.10. The van der Waals surface area contributed by atoms with Crippen molar-refractivity contribution < 1.29 is 8.42 Å². The summed E-state index contributed by atoms with van der Waals surface area (Å²) in [5, 5.41) is -0.276. The Labute approximate surface area is 111 Å². The van der Waals surface area contributed by atoms with Crippen LogP contribution in [0.5, 0.6) is 0 Å². The van der Waals surface area contributed by atoms with Crippen LogP contribution in [-0.2, 0) is 16.3 Å². The Kier molecular flexibility index (Phi) is 3.64. The molecule has 0 spiro atoms. The Morgan fingerprint density at radius 1 is 1.41 bits per heavy atom. The summed E-state index contributed by atoms with van der Waals surface area (Å²) < 4.78 is 25.0. The van der Waals surface area contributed by atoms with Crippen molar-refractivity contribution in [2.45, 2.75) is 37.9 Å². The number of halogens is 1. The van der Waals surface area contributed by atoms with Crippen molar-refractivity contribution in [1.82, 2.24) is 0 Å². The summed E-state index contributed by atoms with van der Waals surface area (Å²) in [6.45, 7) is 3.51. The highest BCUT2D eigenvalue weighted by atomic mass is 79.9. The van der Waals surface area contributed by atoms with Crippen molar-refractivity contribution in [3.05, 3.63) is 33.8 Å². The SMILES string of the molecule is CC(C)S(=O)(=O)CC1CCc2cc(Br)ccc21. The molecule has 0 amide bonds. The summed E-state index contributed by atoms with van der Waals surface area (Å²) in [4.78, 5) is 0. The standard InChI is InChI=1S/C13H17BrO2S/c1-9(2)17(15,16)8-11-4-3-10-7-12(14)5-6-13(10)11/h5-7,9,11H,3-4,8H2,1-2H3. The van der Waals surface area contributed by atoms with Crippen LogP contribution in [0.15, 0.2) is 22.7 Å². The van der Waals surface area contributed by atoms with E-state index >= 15 is 0 Å². The zero-order chi connectivity index (χ0) is 12.6. The highest BCUT2D eigenvalue weighted by Gasteiger charge is 2.28. The molecule has 2 nitrogen and oxygen atoms in total. The average molecular weight is 317 g/mol. The third-order valence-electron chi connectivity index (χ3n) is 3.46. The van der Waals surface area contributed by atoms with Crippen LogP contribution in [0.2, 0.25) is 0 Å². The lowest BCUT2D eigenvalue weighted by molar-refractivity contribution is 0.578. The van der Waals surface area contributed by atoms with E-state index in [-0.39, 0.29) is 11.2 Å². The van der Waals surface area contributed by atoms with Crippen LogP contribution < -0.4 is 0 Å². The van der Waals surface area contributed by atoms with Gasteiger partial charge in [-0.1, -0.05) is 22.0 Å². The van der Waals surface area contributed by atoms with Crippen molar-refractivity contribution in [2.75, 3.05) is 5.75 Å². The normalized spacial score (nSPS) is 19.6. The fourth-order valence-electron chi connectivity index (χ4n) is 2.32. The van der Waals surface area contributed by atoms with Gasteiger partial charge in [0.05, 0.1) is 11.0 Å². The van der Waals surface area contributed by atoms with Gasteiger partial charge in [0.25, 0.3) is 0 Å². The predicted molar refractivity (Wildman–Crippen MR) is 74.1 cm³/mol. The lowest BCUT2D eigenvalue weighted by Crippen LogP contribution is -2.21. The van der Waals surface area contributed by atoms with E-state index in [2.05, 4.69) is 28.1 Å². The number of rotatable bonds is 3. The monoisotopic (exact) mass is 316 g/mol. The molecule has 0 aliphatic heterocycles. The molecule has 0 radical (unpaired) electrons. The first-order valence-electron chi connectivity index (χ1n) is 5.90. The van der Waals surface area contributed by atoms with E-state index in [0.29, 0.717) is 5.75 Å². The van der Waals surface area contributed by atoms with Crippen LogP contribution in [-0.4, -0.2) is 19.4 Å². The second kappa shape index (κ2) is 4.73. The Bertz CT molecular complexity index is 520. The Morgan fingerprint density at radius 3 is 2.76 bits per heavy atom. The molecule has 94 valence electrons. The molecule has 0 aromatic heterocycles. The maximum Gasteiger partial charge on any atom is 0.153 e. The molecular formula is C13H17BrO2S. The van der Waals surface area contributed by atoms with E-state index < -0.39 is 9.84 Å². The van der Waals surface area contributed by atoms with E-state index in [1.807, 2.05) is 6.07 Å². The molecule has 2 rings (SSSR count). The Morgan fingerprint density at radius 2 is 2.12 bits per heavy atom. The minimum Gasteiger partial charge on any atom is -0.229 e. The van der Waals surface area contributed by atoms with Crippen LogP contribution in [0.1, 0.15) is 37.3 Å². The van der Waals surface area contributed by atoms with E-state index in [9.17, 15) is 8.42 Å². The first kappa shape index (κ1) is 13.1. The zero-order valence-electron chi connectivity index (χ0n) is 10.1. The lowest BCUT2D eigenvalue weighted by Gasteiger charge is -2.14. The van der Waals surface area contributed by atoms with Gasteiger partial charge in [0, 0.05) is 4.47 Å². The number of hydrogen-bond donors (Lipinski definition) is 0. The number of hydrogen-bond acceptors (Lipinski definition) is 2. The third kappa shape index (κ3) is 2.74. The van der Waals surface area contributed by atoms with Gasteiger partial charge >= 0.3 is 0 Å². The van der Waals surface area contributed by atoms with Crippen LogP contribution in [0.25, 0.3) is 0 Å². The molecule has 0 fully saturated rings. The first-order valence-corrected chi connectivity index (χ1v) is 8.41. The van der Waals surface area contributed by atoms with Gasteiger partial charge in [-0.15, -0.1) is 0 Å². The first-order chi connectivity index (χ1) is 7.90. The molecule has 0 saturated heterocycles. The number of benzene rings is 1. The van der Waals surface area contributed by atoms with E-state index in [1.54, 1.807) is 13.8 Å². The molecule has 1 aromatic rings. The number of fused-ring (bicyclic) bond motifs is 1. The number of aryl methyl sites for hydroxylation is 1. The Hall–Kier alpha value is -0.350. The topological polar surface area (TPSA) is 34.1 Å². The van der Waals surface area contributed by atoms with Gasteiger partial charge in [-0.25, -0.2) is 8.42 Å². The average Bonchev–Trinajstić information content (AvgIpc) is 2.60. The molecule has 0 heterocycles. The molecule has 4 heteroatoms. The summed E-state index contributed by atoms with van der Waals surface area (Å²) in [6.07, 6.45) is 1.95. The molecule has 0 bridgehead atoms. The third-order valence-corrected chi connectivity index (χ3v) is 6.26. The van der Waals surface area contributed by atoms with Crippen molar-refractivity contribution in [3.8, 4) is 0 Å². The molecule has 1 aromatic carbocycles. The van der Waals surface area contributed by atoms with Gasteiger partial charge < -0.3 is 0 Å².